The van der Waals surface area contributed by atoms with Gasteiger partial charge >= 0.3 is 0 Å². The first-order valence-corrected chi connectivity index (χ1v) is 9.20. The predicted molar refractivity (Wildman–Crippen MR) is 94.2 cm³/mol. The largest absolute Gasteiger partial charge is 0.380 e. The van der Waals surface area contributed by atoms with Crippen LogP contribution in [0.3, 0.4) is 0 Å². The lowest BCUT2D eigenvalue weighted by Crippen LogP contribution is -2.18. The summed E-state index contributed by atoms with van der Waals surface area (Å²) in [6, 6.07) is 9.91. The Hall–Kier alpha value is -2.61. The molecule has 1 aliphatic rings. The standard InChI is InChI=1S/C18H23N7O/c26-17(14-7-3-1-4-8-14)18-20-16(11-12-24-13-19-22-23-24)25(21-18)15-9-5-2-6-10-15/h1,3-4,7-8,13,15,17,26H,2,5-6,9-12H2. The molecule has 1 unspecified atom stereocenters. The number of aryl methyl sites for hydroxylation is 2. The third-order valence-corrected chi connectivity index (χ3v) is 4.95. The van der Waals surface area contributed by atoms with Crippen molar-refractivity contribution in [3.8, 4) is 0 Å². The highest BCUT2D eigenvalue weighted by molar-refractivity contribution is 5.22. The summed E-state index contributed by atoms with van der Waals surface area (Å²) in [5.74, 6) is 1.35. The zero-order chi connectivity index (χ0) is 17.8. The van der Waals surface area contributed by atoms with Crippen molar-refractivity contribution in [3.05, 3.63) is 53.9 Å². The number of tetrazole rings is 1. The number of hydrogen-bond donors (Lipinski definition) is 1. The lowest BCUT2D eigenvalue weighted by atomic mass is 9.95. The molecule has 8 nitrogen and oxygen atoms in total. The molecule has 8 heteroatoms. The number of benzene rings is 1. The summed E-state index contributed by atoms with van der Waals surface area (Å²) in [6.07, 6.45) is 7.40. The molecule has 1 aromatic carbocycles. The second-order valence-electron chi connectivity index (χ2n) is 6.76. The highest BCUT2D eigenvalue weighted by Crippen LogP contribution is 2.30. The number of nitrogens with zero attached hydrogens (tertiary/aromatic N) is 7. The lowest BCUT2D eigenvalue weighted by molar-refractivity contribution is 0.208. The van der Waals surface area contributed by atoms with Crippen molar-refractivity contribution < 1.29 is 5.11 Å². The summed E-state index contributed by atoms with van der Waals surface area (Å²) in [4.78, 5) is 4.68. The average molecular weight is 353 g/mol. The van der Waals surface area contributed by atoms with E-state index in [4.69, 9.17) is 5.10 Å². The van der Waals surface area contributed by atoms with Gasteiger partial charge < -0.3 is 5.11 Å². The molecule has 0 amide bonds. The van der Waals surface area contributed by atoms with E-state index in [0.717, 1.165) is 24.2 Å². The number of hydrogen-bond acceptors (Lipinski definition) is 6. The maximum absolute atomic E-state index is 10.7. The zero-order valence-corrected chi connectivity index (χ0v) is 14.6. The molecule has 2 heterocycles. The van der Waals surface area contributed by atoms with Crippen molar-refractivity contribution in [2.75, 3.05) is 0 Å². The summed E-state index contributed by atoms with van der Waals surface area (Å²) in [7, 11) is 0. The molecule has 3 aromatic rings. The van der Waals surface area contributed by atoms with Crippen molar-refractivity contribution in [1.29, 1.82) is 0 Å². The molecule has 136 valence electrons. The molecular formula is C18H23N7O. The van der Waals surface area contributed by atoms with E-state index in [1.807, 2.05) is 35.0 Å². The predicted octanol–water partition coefficient (Wildman–Crippen LogP) is 2.09. The van der Waals surface area contributed by atoms with E-state index in [0.29, 0.717) is 24.8 Å². The summed E-state index contributed by atoms with van der Waals surface area (Å²) >= 11 is 0. The summed E-state index contributed by atoms with van der Waals surface area (Å²) < 4.78 is 3.72. The fourth-order valence-electron chi connectivity index (χ4n) is 3.56. The van der Waals surface area contributed by atoms with Crippen LogP contribution in [-0.4, -0.2) is 40.1 Å². The van der Waals surface area contributed by atoms with Gasteiger partial charge in [-0.15, -0.1) is 5.10 Å². The molecule has 0 saturated heterocycles. The van der Waals surface area contributed by atoms with Gasteiger partial charge in [-0.05, 0) is 28.8 Å². The Morgan fingerprint density at radius 3 is 2.65 bits per heavy atom. The van der Waals surface area contributed by atoms with Gasteiger partial charge in [0.2, 0.25) is 0 Å². The van der Waals surface area contributed by atoms with E-state index in [2.05, 4.69) is 20.5 Å². The maximum Gasteiger partial charge on any atom is 0.183 e. The van der Waals surface area contributed by atoms with Crippen LogP contribution in [0.1, 0.15) is 61.5 Å². The molecule has 1 saturated carbocycles. The molecule has 0 spiro atoms. The smallest absolute Gasteiger partial charge is 0.183 e. The van der Waals surface area contributed by atoms with E-state index in [1.54, 1.807) is 11.0 Å². The van der Waals surface area contributed by atoms with Crippen molar-refractivity contribution >= 4 is 0 Å². The van der Waals surface area contributed by atoms with Gasteiger partial charge in [0.05, 0.1) is 12.6 Å². The maximum atomic E-state index is 10.7. The Bertz CT molecular complexity index is 809. The highest BCUT2D eigenvalue weighted by atomic mass is 16.3. The van der Waals surface area contributed by atoms with E-state index in [-0.39, 0.29) is 0 Å². The molecule has 1 aliphatic carbocycles. The van der Waals surface area contributed by atoms with E-state index in [1.165, 1.54) is 19.3 Å². The normalized spacial score (nSPS) is 16.7. The van der Waals surface area contributed by atoms with Gasteiger partial charge in [-0.1, -0.05) is 49.6 Å². The first-order valence-electron chi connectivity index (χ1n) is 9.20. The van der Waals surface area contributed by atoms with Gasteiger partial charge in [0, 0.05) is 6.42 Å². The van der Waals surface area contributed by atoms with Gasteiger partial charge in [-0.2, -0.15) is 5.10 Å². The lowest BCUT2D eigenvalue weighted by Gasteiger charge is -2.23. The van der Waals surface area contributed by atoms with Crippen LogP contribution in [-0.2, 0) is 13.0 Å². The minimum Gasteiger partial charge on any atom is -0.380 e. The van der Waals surface area contributed by atoms with Gasteiger partial charge in [-0.25, -0.2) is 14.3 Å². The quantitative estimate of drug-likeness (QED) is 0.729. The highest BCUT2D eigenvalue weighted by Gasteiger charge is 2.24. The monoisotopic (exact) mass is 353 g/mol. The average Bonchev–Trinajstić information content (AvgIpc) is 3.37. The molecule has 0 bridgehead atoms. The summed E-state index contributed by atoms with van der Waals surface area (Å²) in [5.41, 5.74) is 0.806. The Kier molecular flexibility index (Phi) is 5.01. The van der Waals surface area contributed by atoms with Gasteiger partial charge in [0.25, 0.3) is 0 Å². The van der Waals surface area contributed by atoms with E-state index < -0.39 is 6.10 Å². The van der Waals surface area contributed by atoms with Crippen LogP contribution in [0.25, 0.3) is 0 Å². The number of rotatable bonds is 6. The number of aliphatic hydroxyl groups excluding tert-OH is 1. The fraction of sp³-hybridized carbons (Fsp3) is 0.500. The van der Waals surface area contributed by atoms with Crippen molar-refractivity contribution in [2.24, 2.45) is 0 Å². The molecule has 0 aliphatic heterocycles. The molecule has 2 aromatic heterocycles. The summed E-state index contributed by atoms with van der Waals surface area (Å²) in [5, 5.41) is 26.7. The van der Waals surface area contributed by atoms with Crippen molar-refractivity contribution in [2.45, 2.75) is 57.2 Å². The van der Waals surface area contributed by atoms with Crippen LogP contribution in [0.15, 0.2) is 36.7 Å². The van der Waals surface area contributed by atoms with Crippen LogP contribution in [0.4, 0.5) is 0 Å². The second kappa shape index (κ2) is 7.74. The molecular weight excluding hydrogens is 330 g/mol. The van der Waals surface area contributed by atoms with Crippen LogP contribution in [0.2, 0.25) is 0 Å². The Morgan fingerprint density at radius 2 is 1.92 bits per heavy atom. The summed E-state index contributed by atoms with van der Waals surface area (Å²) in [6.45, 7) is 0.638. The molecule has 0 radical (unpaired) electrons. The van der Waals surface area contributed by atoms with Gasteiger partial charge in [0.15, 0.2) is 5.82 Å². The third-order valence-electron chi connectivity index (χ3n) is 4.95. The van der Waals surface area contributed by atoms with Gasteiger partial charge in [-0.3, -0.25) is 0 Å². The minimum absolute atomic E-state index is 0.358. The molecule has 1 atom stereocenters. The first-order chi connectivity index (χ1) is 12.8. The SMILES string of the molecule is OC(c1ccccc1)c1nc(CCn2cnnn2)n(C2CCCCC2)n1. The molecule has 1 fully saturated rings. The Labute approximate surface area is 151 Å². The van der Waals surface area contributed by atoms with E-state index in [9.17, 15) is 5.11 Å². The fourth-order valence-corrected chi connectivity index (χ4v) is 3.56. The van der Waals surface area contributed by atoms with E-state index >= 15 is 0 Å². The van der Waals surface area contributed by atoms with Crippen molar-refractivity contribution in [1.82, 2.24) is 35.0 Å². The zero-order valence-electron chi connectivity index (χ0n) is 14.6. The number of aliphatic hydroxyl groups is 1. The van der Waals surface area contributed by atoms with Gasteiger partial charge in [0.1, 0.15) is 18.3 Å². The Balaban J connectivity index is 1.60. The van der Waals surface area contributed by atoms with Crippen LogP contribution in [0.5, 0.6) is 0 Å². The van der Waals surface area contributed by atoms with Crippen LogP contribution < -0.4 is 0 Å². The van der Waals surface area contributed by atoms with Crippen LogP contribution >= 0.6 is 0 Å². The first kappa shape index (κ1) is 16.8. The van der Waals surface area contributed by atoms with Crippen molar-refractivity contribution in [3.63, 3.8) is 0 Å². The minimum atomic E-state index is -0.812. The second-order valence-corrected chi connectivity index (χ2v) is 6.76. The molecule has 1 N–H and O–H groups in total. The number of aromatic nitrogens is 7. The Morgan fingerprint density at radius 1 is 1.12 bits per heavy atom. The topological polar surface area (TPSA) is 94.5 Å². The molecule has 26 heavy (non-hydrogen) atoms. The third kappa shape index (κ3) is 3.65. The molecule has 4 rings (SSSR count). The van der Waals surface area contributed by atoms with Crippen LogP contribution in [0, 0.1) is 0 Å².